The van der Waals surface area contributed by atoms with Crippen molar-refractivity contribution in [3.63, 3.8) is 0 Å². The van der Waals surface area contributed by atoms with Crippen molar-refractivity contribution in [1.29, 1.82) is 0 Å². The molecule has 6 heteroatoms. The van der Waals surface area contributed by atoms with E-state index in [1.54, 1.807) is 12.3 Å². The highest BCUT2D eigenvalue weighted by Gasteiger charge is 2.27. The SMILES string of the molecule is Cc1ccoc1C(=O)N1CCN(CC(=O)N2CCCCC2)CC1. The Morgan fingerprint density at radius 3 is 2.30 bits per heavy atom. The van der Waals surface area contributed by atoms with E-state index in [1.807, 2.05) is 16.7 Å². The minimum Gasteiger partial charge on any atom is -0.459 e. The van der Waals surface area contributed by atoms with E-state index in [9.17, 15) is 9.59 Å². The van der Waals surface area contributed by atoms with Gasteiger partial charge in [-0.1, -0.05) is 0 Å². The maximum Gasteiger partial charge on any atom is 0.289 e. The first-order valence-electron chi connectivity index (χ1n) is 8.48. The topological polar surface area (TPSA) is 57.0 Å². The molecule has 0 aromatic carbocycles. The van der Waals surface area contributed by atoms with Crippen LogP contribution in [-0.4, -0.2) is 72.3 Å². The number of amides is 2. The molecule has 0 N–H and O–H groups in total. The van der Waals surface area contributed by atoms with Gasteiger partial charge in [-0.3, -0.25) is 14.5 Å². The average Bonchev–Trinajstić information content (AvgIpc) is 3.02. The van der Waals surface area contributed by atoms with Crippen LogP contribution in [0.5, 0.6) is 0 Å². The van der Waals surface area contributed by atoms with E-state index in [-0.39, 0.29) is 11.8 Å². The van der Waals surface area contributed by atoms with Gasteiger partial charge in [-0.25, -0.2) is 0 Å². The molecule has 0 radical (unpaired) electrons. The minimum atomic E-state index is -0.0468. The van der Waals surface area contributed by atoms with Gasteiger partial charge in [0.1, 0.15) is 0 Å². The standard InChI is InChI=1S/C17H25N3O3/c1-14-5-12-23-16(14)17(22)20-10-8-18(9-11-20)13-15(21)19-6-3-2-4-7-19/h5,12H,2-4,6-11,13H2,1H3. The third-order valence-electron chi connectivity index (χ3n) is 4.78. The first-order valence-corrected chi connectivity index (χ1v) is 8.48. The highest BCUT2D eigenvalue weighted by molar-refractivity contribution is 5.92. The van der Waals surface area contributed by atoms with E-state index in [0.29, 0.717) is 25.4 Å². The number of hydrogen-bond acceptors (Lipinski definition) is 4. The van der Waals surface area contributed by atoms with E-state index in [4.69, 9.17) is 4.42 Å². The summed E-state index contributed by atoms with van der Waals surface area (Å²) in [5, 5.41) is 0. The predicted octanol–water partition coefficient (Wildman–Crippen LogP) is 1.36. The van der Waals surface area contributed by atoms with Crippen molar-refractivity contribution in [2.24, 2.45) is 0 Å². The highest BCUT2D eigenvalue weighted by Crippen LogP contribution is 2.14. The zero-order chi connectivity index (χ0) is 16.2. The molecular weight excluding hydrogens is 294 g/mol. The zero-order valence-electron chi connectivity index (χ0n) is 13.8. The molecule has 0 atom stereocenters. The summed E-state index contributed by atoms with van der Waals surface area (Å²) in [5.74, 6) is 0.615. The lowest BCUT2D eigenvalue weighted by molar-refractivity contribution is -0.133. The Morgan fingerprint density at radius 1 is 1.00 bits per heavy atom. The second-order valence-corrected chi connectivity index (χ2v) is 6.44. The lowest BCUT2D eigenvalue weighted by Gasteiger charge is -2.35. The van der Waals surface area contributed by atoms with Crippen molar-refractivity contribution in [1.82, 2.24) is 14.7 Å². The van der Waals surface area contributed by atoms with Gasteiger partial charge in [0.05, 0.1) is 12.8 Å². The number of carbonyl (C=O) groups excluding carboxylic acids is 2. The monoisotopic (exact) mass is 319 g/mol. The van der Waals surface area contributed by atoms with Crippen molar-refractivity contribution >= 4 is 11.8 Å². The Bertz CT molecular complexity index is 555. The number of rotatable bonds is 3. The summed E-state index contributed by atoms with van der Waals surface area (Å²) in [6.45, 7) is 6.92. The van der Waals surface area contributed by atoms with Crippen LogP contribution in [0.2, 0.25) is 0 Å². The number of hydrogen-bond donors (Lipinski definition) is 0. The van der Waals surface area contributed by atoms with Gasteiger partial charge in [0.2, 0.25) is 5.91 Å². The maximum atomic E-state index is 12.4. The molecule has 1 aromatic rings. The van der Waals surface area contributed by atoms with E-state index >= 15 is 0 Å². The quantitative estimate of drug-likeness (QED) is 0.844. The second-order valence-electron chi connectivity index (χ2n) is 6.44. The molecule has 3 heterocycles. The fraction of sp³-hybridized carbons (Fsp3) is 0.647. The van der Waals surface area contributed by atoms with Crippen LogP contribution in [-0.2, 0) is 4.79 Å². The van der Waals surface area contributed by atoms with Crippen LogP contribution in [0.1, 0.15) is 35.4 Å². The van der Waals surface area contributed by atoms with Gasteiger partial charge in [0, 0.05) is 44.8 Å². The van der Waals surface area contributed by atoms with E-state index in [0.717, 1.165) is 44.6 Å². The van der Waals surface area contributed by atoms with Gasteiger partial charge in [0.25, 0.3) is 5.91 Å². The third-order valence-corrected chi connectivity index (χ3v) is 4.78. The lowest BCUT2D eigenvalue weighted by Crippen LogP contribution is -2.52. The van der Waals surface area contributed by atoms with Crippen LogP contribution in [0.25, 0.3) is 0 Å². The van der Waals surface area contributed by atoms with Crippen LogP contribution >= 0.6 is 0 Å². The summed E-state index contributed by atoms with van der Waals surface area (Å²) in [6, 6.07) is 1.81. The van der Waals surface area contributed by atoms with Gasteiger partial charge in [-0.15, -0.1) is 0 Å². The molecule has 2 amide bonds. The van der Waals surface area contributed by atoms with Crippen LogP contribution in [0.3, 0.4) is 0 Å². The summed E-state index contributed by atoms with van der Waals surface area (Å²) in [6.07, 6.45) is 5.03. The number of piperidine rings is 1. The van der Waals surface area contributed by atoms with E-state index in [2.05, 4.69) is 4.90 Å². The lowest BCUT2D eigenvalue weighted by atomic mass is 10.1. The van der Waals surface area contributed by atoms with E-state index < -0.39 is 0 Å². The first-order chi connectivity index (χ1) is 11.1. The summed E-state index contributed by atoms with van der Waals surface area (Å²) in [4.78, 5) is 30.6. The molecular formula is C17H25N3O3. The summed E-state index contributed by atoms with van der Waals surface area (Å²) >= 11 is 0. The number of likely N-dealkylation sites (tertiary alicyclic amines) is 1. The molecule has 0 spiro atoms. The Morgan fingerprint density at radius 2 is 1.70 bits per heavy atom. The molecule has 0 aliphatic carbocycles. The molecule has 1 aromatic heterocycles. The molecule has 2 aliphatic rings. The molecule has 2 fully saturated rings. The van der Waals surface area contributed by atoms with Gasteiger partial charge in [0.15, 0.2) is 5.76 Å². The molecule has 2 saturated heterocycles. The normalized spacial score (nSPS) is 19.9. The Balaban J connectivity index is 1.47. The summed E-state index contributed by atoms with van der Waals surface area (Å²) < 4.78 is 5.28. The third kappa shape index (κ3) is 3.75. The smallest absolute Gasteiger partial charge is 0.289 e. The fourth-order valence-electron chi connectivity index (χ4n) is 3.28. The number of piperazine rings is 1. The van der Waals surface area contributed by atoms with Crippen LogP contribution in [0.4, 0.5) is 0 Å². The molecule has 0 unspecified atom stereocenters. The van der Waals surface area contributed by atoms with Crippen molar-refractivity contribution < 1.29 is 14.0 Å². The van der Waals surface area contributed by atoms with E-state index in [1.165, 1.54) is 6.42 Å². The molecule has 6 nitrogen and oxygen atoms in total. The Labute approximate surface area is 137 Å². The van der Waals surface area contributed by atoms with Crippen LogP contribution in [0, 0.1) is 6.92 Å². The predicted molar refractivity (Wildman–Crippen MR) is 86.2 cm³/mol. The van der Waals surface area contributed by atoms with Crippen molar-refractivity contribution in [2.45, 2.75) is 26.2 Å². The van der Waals surface area contributed by atoms with Crippen molar-refractivity contribution in [3.8, 4) is 0 Å². The van der Waals surface area contributed by atoms with Crippen molar-refractivity contribution in [3.05, 3.63) is 23.7 Å². The second kappa shape index (κ2) is 7.17. The highest BCUT2D eigenvalue weighted by atomic mass is 16.3. The number of furan rings is 1. The molecule has 3 rings (SSSR count). The molecule has 0 bridgehead atoms. The fourth-order valence-corrected chi connectivity index (χ4v) is 3.28. The molecule has 0 saturated carbocycles. The zero-order valence-corrected chi connectivity index (χ0v) is 13.8. The van der Waals surface area contributed by atoms with Crippen LogP contribution < -0.4 is 0 Å². The summed E-state index contributed by atoms with van der Waals surface area (Å²) in [5.41, 5.74) is 0.873. The van der Waals surface area contributed by atoms with Gasteiger partial charge in [-0.05, 0) is 32.3 Å². The number of aryl methyl sites for hydroxylation is 1. The van der Waals surface area contributed by atoms with Gasteiger partial charge in [-0.2, -0.15) is 0 Å². The number of nitrogens with zero attached hydrogens (tertiary/aromatic N) is 3. The Kier molecular flexibility index (Phi) is 5.00. The first kappa shape index (κ1) is 16.1. The van der Waals surface area contributed by atoms with Crippen molar-refractivity contribution in [2.75, 3.05) is 45.8 Å². The molecule has 126 valence electrons. The summed E-state index contributed by atoms with van der Waals surface area (Å²) in [7, 11) is 0. The maximum absolute atomic E-state index is 12.4. The molecule has 23 heavy (non-hydrogen) atoms. The van der Waals surface area contributed by atoms with Gasteiger partial charge < -0.3 is 14.2 Å². The van der Waals surface area contributed by atoms with Crippen LogP contribution in [0.15, 0.2) is 16.7 Å². The minimum absolute atomic E-state index is 0.0468. The van der Waals surface area contributed by atoms with Gasteiger partial charge >= 0.3 is 0 Å². The average molecular weight is 319 g/mol. The molecule has 2 aliphatic heterocycles. The largest absolute Gasteiger partial charge is 0.459 e. The number of carbonyl (C=O) groups is 2. The Hall–Kier alpha value is -1.82.